The lowest BCUT2D eigenvalue weighted by Gasteiger charge is -2.23. The second-order valence-corrected chi connectivity index (χ2v) is 8.76. The summed E-state index contributed by atoms with van der Waals surface area (Å²) in [5, 5.41) is 0. The van der Waals surface area contributed by atoms with Crippen molar-refractivity contribution in [2.24, 2.45) is 11.1 Å². The van der Waals surface area contributed by atoms with Crippen LogP contribution in [0.2, 0.25) is 0 Å². The highest BCUT2D eigenvalue weighted by Gasteiger charge is 2.31. The van der Waals surface area contributed by atoms with E-state index in [9.17, 15) is 8.42 Å². The maximum absolute atomic E-state index is 12.3. The summed E-state index contributed by atoms with van der Waals surface area (Å²) in [5.41, 5.74) is 5.68. The minimum Gasteiger partial charge on any atom is -0.326 e. The third-order valence-corrected chi connectivity index (χ3v) is 6.64. The first-order valence-electron chi connectivity index (χ1n) is 6.65. The van der Waals surface area contributed by atoms with Crippen molar-refractivity contribution in [1.82, 2.24) is 4.72 Å². The van der Waals surface area contributed by atoms with E-state index >= 15 is 0 Å². The normalized spacial score (nSPS) is 18.9. The van der Waals surface area contributed by atoms with Crippen molar-refractivity contribution in [2.75, 3.05) is 6.54 Å². The number of rotatable bonds is 5. The molecule has 4 nitrogen and oxygen atoms in total. The highest BCUT2D eigenvalue weighted by Crippen LogP contribution is 2.37. The molecule has 1 saturated carbocycles. The molecule has 0 bridgehead atoms. The molecule has 1 aliphatic carbocycles. The molecule has 0 unspecified atom stereocenters. The minimum atomic E-state index is -3.40. The summed E-state index contributed by atoms with van der Waals surface area (Å²) in [6, 6.07) is 1.69. The first-order valence-corrected chi connectivity index (χ1v) is 8.95. The third kappa shape index (κ3) is 3.37. The van der Waals surface area contributed by atoms with Gasteiger partial charge in [0.1, 0.15) is 0 Å². The van der Waals surface area contributed by atoms with Gasteiger partial charge in [0.25, 0.3) is 0 Å². The van der Waals surface area contributed by atoms with Gasteiger partial charge in [-0.15, -0.1) is 11.3 Å². The maximum Gasteiger partial charge on any atom is 0.241 e. The van der Waals surface area contributed by atoms with Gasteiger partial charge in [-0.2, -0.15) is 0 Å². The zero-order valence-electron chi connectivity index (χ0n) is 11.5. The summed E-state index contributed by atoms with van der Waals surface area (Å²) in [5.74, 6) is 0. The number of thiophene rings is 1. The largest absolute Gasteiger partial charge is 0.326 e. The van der Waals surface area contributed by atoms with Gasteiger partial charge in [0.2, 0.25) is 10.0 Å². The number of aryl methyl sites for hydroxylation is 1. The van der Waals surface area contributed by atoms with Crippen molar-refractivity contribution in [1.29, 1.82) is 0 Å². The molecule has 1 fully saturated rings. The zero-order chi connectivity index (χ0) is 14.1. The molecule has 1 aliphatic rings. The molecule has 0 amide bonds. The van der Waals surface area contributed by atoms with Crippen LogP contribution in [-0.4, -0.2) is 15.0 Å². The van der Waals surface area contributed by atoms with Gasteiger partial charge in [-0.3, -0.25) is 0 Å². The Labute approximate surface area is 119 Å². The lowest BCUT2D eigenvalue weighted by Crippen LogP contribution is -2.34. The van der Waals surface area contributed by atoms with Gasteiger partial charge in [0.15, 0.2) is 0 Å². The average molecular weight is 302 g/mol. The molecule has 1 aromatic rings. The van der Waals surface area contributed by atoms with E-state index in [1.807, 2.05) is 6.92 Å². The maximum atomic E-state index is 12.3. The molecule has 0 spiro atoms. The highest BCUT2D eigenvalue weighted by atomic mass is 32.2. The second-order valence-electron chi connectivity index (χ2n) is 5.68. The summed E-state index contributed by atoms with van der Waals surface area (Å²) < 4.78 is 27.4. The van der Waals surface area contributed by atoms with E-state index in [4.69, 9.17) is 5.73 Å². The molecule has 3 N–H and O–H groups in total. The Morgan fingerprint density at radius 3 is 2.58 bits per heavy atom. The summed E-state index contributed by atoms with van der Waals surface area (Å²) in [4.78, 5) is 2.11. The second kappa shape index (κ2) is 5.52. The Bertz CT molecular complexity index is 543. The molecular weight excluding hydrogens is 280 g/mol. The van der Waals surface area contributed by atoms with E-state index in [1.165, 1.54) is 24.2 Å². The first kappa shape index (κ1) is 15.0. The number of nitrogens with two attached hydrogens (primary N) is 1. The number of hydrogen-bond acceptors (Lipinski definition) is 4. The van der Waals surface area contributed by atoms with Crippen LogP contribution in [-0.2, 0) is 16.6 Å². The lowest BCUT2D eigenvalue weighted by molar-refractivity contribution is 0.336. The molecule has 6 heteroatoms. The predicted octanol–water partition coefficient (Wildman–Crippen LogP) is 2.37. The molecule has 19 heavy (non-hydrogen) atoms. The topological polar surface area (TPSA) is 72.2 Å². The van der Waals surface area contributed by atoms with Crippen LogP contribution in [0.4, 0.5) is 0 Å². The van der Waals surface area contributed by atoms with Crippen LogP contribution >= 0.6 is 11.3 Å². The van der Waals surface area contributed by atoms with Crippen LogP contribution in [0.15, 0.2) is 11.0 Å². The minimum absolute atomic E-state index is 0.119. The van der Waals surface area contributed by atoms with Crippen molar-refractivity contribution >= 4 is 21.4 Å². The Morgan fingerprint density at radius 1 is 1.42 bits per heavy atom. The lowest BCUT2D eigenvalue weighted by atomic mass is 9.89. The SMILES string of the molecule is Cc1sc(CN)cc1S(=O)(=O)NCC1(C)CCCC1. The van der Waals surface area contributed by atoms with E-state index in [0.29, 0.717) is 18.0 Å². The molecular formula is C13H22N2O2S2. The van der Waals surface area contributed by atoms with Crippen molar-refractivity contribution in [3.8, 4) is 0 Å². The zero-order valence-corrected chi connectivity index (χ0v) is 13.2. The molecule has 2 rings (SSSR count). The van der Waals surface area contributed by atoms with Gasteiger partial charge in [0.05, 0.1) is 4.90 Å². The van der Waals surface area contributed by atoms with Gasteiger partial charge >= 0.3 is 0 Å². The highest BCUT2D eigenvalue weighted by molar-refractivity contribution is 7.89. The Hall–Kier alpha value is -0.430. The van der Waals surface area contributed by atoms with E-state index in [-0.39, 0.29) is 5.41 Å². The standard InChI is InChI=1S/C13H22N2O2S2/c1-10-12(7-11(8-14)18-10)19(16,17)15-9-13(2)5-3-4-6-13/h7,15H,3-6,8-9,14H2,1-2H3. The fourth-order valence-electron chi connectivity index (χ4n) is 2.64. The Morgan fingerprint density at radius 2 is 2.05 bits per heavy atom. The van der Waals surface area contributed by atoms with Crippen molar-refractivity contribution in [2.45, 2.75) is 51.0 Å². The van der Waals surface area contributed by atoms with Crippen molar-refractivity contribution in [3.63, 3.8) is 0 Å². The van der Waals surface area contributed by atoms with Gasteiger partial charge in [-0.05, 0) is 31.2 Å². The summed E-state index contributed by atoms with van der Waals surface area (Å²) in [7, 11) is -3.40. The quantitative estimate of drug-likeness (QED) is 0.877. The fraction of sp³-hybridized carbons (Fsp3) is 0.692. The number of nitrogens with one attached hydrogen (secondary N) is 1. The van der Waals surface area contributed by atoms with Crippen molar-refractivity contribution < 1.29 is 8.42 Å². The smallest absolute Gasteiger partial charge is 0.241 e. The van der Waals surface area contributed by atoms with Crippen LogP contribution in [0.5, 0.6) is 0 Å². The van der Waals surface area contributed by atoms with Gasteiger partial charge in [-0.1, -0.05) is 19.8 Å². The fourth-order valence-corrected chi connectivity index (χ4v) is 5.36. The molecule has 1 aromatic heterocycles. The van der Waals surface area contributed by atoms with Gasteiger partial charge in [0, 0.05) is 22.8 Å². The molecule has 108 valence electrons. The van der Waals surface area contributed by atoms with Gasteiger partial charge < -0.3 is 5.73 Å². The molecule has 0 aliphatic heterocycles. The van der Waals surface area contributed by atoms with E-state index in [0.717, 1.165) is 22.6 Å². The van der Waals surface area contributed by atoms with Crippen LogP contribution in [0.25, 0.3) is 0 Å². The summed E-state index contributed by atoms with van der Waals surface area (Å²) in [6.07, 6.45) is 4.61. The molecule has 0 saturated heterocycles. The first-order chi connectivity index (χ1) is 8.86. The number of hydrogen-bond donors (Lipinski definition) is 2. The van der Waals surface area contributed by atoms with Gasteiger partial charge in [-0.25, -0.2) is 13.1 Å². The van der Waals surface area contributed by atoms with E-state index in [2.05, 4.69) is 11.6 Å². The molecule has 0 aromatic carbocycles. The van der Waals surface area contributed by atoms with Crippen molar-refractivity contribution in [3.05, 3.63) is 15.8 Å². The summed E-state index contributed by atoms with van der Waals surface area (Å²) in [6.45, 7) is 4.91. The van der Waals surface area contributed by atoms with E-state index in [1.54, 1.807) is 6.07 Å². The van der Waals surface area contributed by atoms with Crippen LogP contribution < -0.4 is 10.5 Å². The molecule has 1 heterocycles. The monoisotopic (exact) mass is 302 g/mol. The molecule has 0 radical (unpaired) electrons. The molecule has 0 atom stereocenters. The predicted molar refractivity (Wildman–Crippen MR) is 78.7 cm³/mol. The Kier molecular flexibility index (Phi) is 4.35. The summed E-state index contributed by atoms with van der Waals surface area (Å²) >= 11 is 1.45. The number of sulfonamides is 1. The van der Waals surface area contributed by atoms with Crippen LogP contribution in [0.3, 0.4) is 0 Å². The van der Waals surface area contributed by atoms with E-state index < -0.39 is 10.0 Å². The van der Waals surface area contributed by atoms with Crippen LogP contribution in [0.1, 0.15) is 42.4 Å². The van der Waals surface area contributed by atoms with Crippen LogP contribution in [0, 0.1) is 12.3 Å². The Balaban J connectivity index is 2.11. The average Bonchev–Trinajstić information content (AvgIpc) is 2.94. The third-order valence-electron chi connectivity index (χ3n) is 3.91.